The Labute approximate surface area is 395 Å². The Kier molecular flexibility index (Phi) is 16.3. The molecule has 1 aliphatic heterocycles. The Morgan fingerprint density at radius 2 is 1.63 bits per heavy atom. The third kappa shape index (κ3) is 12.3. The van der Waals surface area contributed by atoms with E-state index in [0.29, 0.717) is 86.7 Å². The van der Waals surface area contributed by atoms with Crippen LogP contribution >= 0.6 is 11.3 Å². The number of benzene rings is 1. The van der Waals surface area contributed by atoms with Crippen LogP contribution < -0.4 is 37.0 Å². The molecule has 1 aliphatic carbocycles. The maximum absolute atomic E-state index is 13.6. The van der Waals surface area contributed by atoms with Gasteiger partial charge in [-0.1, -0.05) is 12.8 Å². The summed E-state index contributed by atoms with van der Waals surface area (Å²) >= 11 is 0.748. The number of nitro groups is 1. The zero-order chi connectivity index (χ0) is 48.3. The summed E-state index contributed by atoms with van der Waals surface area (Å²) < 4.78 is 13.0. The van der Waals surface area contributed by atoms with Gasteiger partial charge in [-0.2, -0.15) is 4.98 Å². The molecule has 1 saturated carbocycles. The van der Waals surface area contributed by atoms with Gasteiger partial charge >= 0.3 is 5.00 Å². The van der Waals surface area contributed by atoms with Crippen molar-refractivity contribution < 1.29 is 33.6 Å². The molecule has 5 N–H and O–H groups in total. The molecule has 360 valence electrons. The highest BCUT2D eigenvalue weighted by Crippen LogP contribution is 2.33. The number of ketones is 1. The zero-order valence-corrected chi connectivity index (χ0v) is 39.2. The number of carbonyl (C=O) groups excluding carboxylic acids is 4. The van der Waals surface area contributed by atoms with Gasteiger partial charge in [0.1, 0.15) is 17.2 Å². The standard InChI is InChI=1S/C45H55N13O9S/c1-27-35-25-49-44(53-40(35)57(32-7-5-6-8-32)42(63)39(27)29(3)59)52-37-12-10-33(24-48-37)56-17-15-55(16-18-56)26-38(61)47-14-20-67-22-21-66-19-13-46-31-9-11-34(36(23-31)51-30(4)60)41(62)54-45-50-28(2)43(68-45)58(64)65/h9-12,23-25,32,46H,5-8,13-22,26H2,1-4H3,(H,47,61)(H,51,60)(H,50,54,62)(H,48,49,52,53). The van der Waals surface area contributed by atoms with Crippen LogP contribution in [-0.2, 0) is 19.1 Å². The van der Waals surface area contributed by atoms with Gasteiger partial charge in [0.05, 0.1) is 66.6 Å². The van der Waals surface area contributed by atoms with Crippen LogP contribution in [0.3, 0.4) is 0 Å². The van der Waals surface area contributed by atoms with Gasteiger partial charge in [-0.05, 0) is 80.8 Å². The normalized spacial score (nSPS) is 14.2. The number of rotatable bonds is 21. The molecule has 2 fully saturated rings. The number of Topliss-reactive ketones (excluding diaryl/α,β-unsaturated/α-hetero) is 1. The lowest BCUT2D eigenvalue weighted by atomic mass is 10.0. The molecule has 68 heavy (non-hydrogen) atoms. The Morgan fingerprint density at radius 3 is 2.29 bits per heavy atom. The molecule has 0 atom stereocenters. The smallest absolute Gasteiger partial charge is 0.348 e. The predicted octanol–water partition coefficient (Wildman–Crippen LogP) is 4.82. The van der Waals surface area contributed by atoms with Crippen molar-refractivity contribution in [2.24, 2.45) is 0 Å². The molecule has 1 saturated heterocycles. The highest BCUT2D eigenvalue weighted by molar-refractivity contribution is 7.19. The average Bonchev–Trinajstić information content (AvgIpc) is 3.97. The maximum atomic E-state index is 13.6. The summed E-state index contributed by atoms with van der Waals surface area (Å²) in [6.45, 7) is 11.3. The monoisotopic (exact) mass is 953 g/mol. The van der Waals surface area contributed by atoms with Crippen molar-refractivity contribution >= 4 is 84.8 Å². The van der Waals surface area contributed by atoms with E-state index in [1.54, 1.807) is 36.0 Å². The molecule has 1 aromatic carbocycles. The fourth-order valence-corrected chi connectivity index (χ4v) is 9.04. The molecule has 5 heterocycles. The lowest BCUT2D eigenvalue weighted by molar-refractivity contribution is -0.380. The van der Waals surface area contributed by atoms with Crippen LogP contribution in [-0.4, -0.2) is 130 Å². The number of amides is 3. The number of ether oxygens (including phenoxy) is 2. The summed E-state index contributed by atoms with van der Waals surface area (Å²) in [7, 11) is 0. The molecule has 0 bridgehead atoms. The fourth-order valence-electron chi connectivity index (χ4n) is 8.27. The van der Waals surface area contributed by atoms with Crippen LogP contribution in [0, 0.1) is 24.0 Å². The summed E-state index contributed by atoms with van der Waals surface area (Å²) in [5, 5.41) is 26.2. The number of pyridine rings is 2. The Hall–Kier alpha value is -6.95. The van der Waals surface area contributed by atoms with Gasteiger partial charge in [-0.3, -0.25) is 48.9 Å². The molecule has 23 heteroatoms. The van der Waals surface area contributed by atoms with Crippen molar-refractivity contribution in [3.8, 4) is 0 Å². The Morgan fingerprint density at radius 1 is 0.897 bits per heavy atom. The second kappa shape index (κ2) is 22.7. The molecule has 0 unspecified atom stereocenters. The minimum atomic E-state index is -0.581. The van der Waals surface area contributed by atoms with Crippen LogP contribution in [0.4, 0.5) is 39.0 Å². The highest BCUT2D eigenvalue weighted by Gasteiger charge is 2.27. The van der Waals surface area contributed by atoms with Crippen molar-refractivity contribution in [1.29, 1.82) is 0 Å². The van der Waals surface area contributed by atoms with Crippen molar-refractivity contribution in [2.75, 3.05) is 98.4 Å². The van der Waals surface area contributed by atoms with Crippen LogP contribution in [0.2, 0.25) is 0 Å². The molecule has 4 aromatic heterocycles. The lowest BCUT2D eigenvalue weighted by Gasteiger charge is -2.35. The van der Waals surface area contributed by atoms with Crippen molar-refractivity contribution in [1.82, 2.24) is 34.7 Å². The third-order valence-electron chi connectivity index (χ3n) is 11.6. The van der Waals surface area contributed by atoms with Gasteiger partial charge in [0.2, 0.25) is 17.8 Å². The maximum Gasteiger partial charge on any atom is 0.348 e. The van der Waals surface area contributed by atoms with Crippen LogP contribution in [0.1, 0.15) is 77.5 Å². The quantitative estimate of drug-likeness (QED) is 0.0285. The fraction of sp³-hybridized carbons (Fsp3) is 0.444. The molecule has 22 nitrogen and oxygen atoms in total. The van der Waals surface area contributed by atoms with Crippen molar-refractivity contribution in [3.05, 3.63) is 85.6 Å². The molecule has 5 aromatic rings. The third-order valence-corrected chi connectivity index (χ3v) is 12.6. The van der Waals surface area contributed by atoms with Crippen molar-refractivity contribution in [3.63, 3.8) is 0 Å². The molecule has 0 radical (unpaired) electrons. The van der Waals surface area contributed by atoms with Gasteiger partial charge in [-0.15, -0.1) is 0 Å². The van der Waals surface area contributed by atoms with E-state index in [1.807, 2.05) is 12.1 Å². The van der Waals surface area contributed by atoms with Gasteiger partial charge in [0.25, 0.3) is 11.5 Å². The summed E-state index contributed by atoms with van der Waals surface area (Å²) in [6, 6.07) is 8.62. The Balaban J connectivity index is 0.766. The number of piperazine rings is 1. The molecule has 7 rings (SSSR count). The first-order valence-electron chi connectivity index (χ1n) is 22.4. The van der Waals surface area contributed by atoms with E-state index in [9.17, 15) is 34.1 Å². The SMILES string of the molecule is CC(=O)Nc1cc(NCCOCCOCCNC(=O)CN2CCN(c3ccc(Nc4ncc5c(C)c(C(C)=O)c(=O)n(C6CCCC6)c5n4)nc3)CC2)ccc1C(=O)Nc1nc(C)c([N+](=O)[O-])s1. The summed E-state index contributed by atoms with van der Waals surface area (Å²) in [5.41, 5.74) is 3.19. The lowest BCUT2D eigenvalue weighted by Crippen LogP contribution is -2.49. The van der Waals surface area contributed by atoms with E-state index >= 15 is 0 Å². The molecule has 2 aliphatic rings. The first-order chi connectivity index (χ1) is 32.7. The molecular formula is C45H55N13O9S. The predicted molar refractivity (Wildman–Crippen MR) is 258 cm³/mol. The number of aryl methyl sites for hydroxylation is 2. The topological polar surface area (TPSA) is 270 Å². The van der Waals surface area contributed by atoms with Gasteiger partial charge in [0, 0.05) is 69.5 Å². The molecule has 0 spiro atoms. The number of carbonyl (C=O) groups is 4. The number of aromatic nitrogens is 5. The van der Waals surface area contributed by atoms with Gasteiger partial charge < -0.3 is 35.6 Å². The summed E-state index contributed by atoms with van der Waals surface area (Å²) in [5.74, 6) is -0.443. The summed E-state index contributed by atoms with van der Waals surface area (Å²) in [6.07, 6.45) is 7.22. The van der Waals surface area contributed by atoms with Gasteiger partial charge in [-0.25, -0.2) is 15.0 Å². The van der Waals surface area contributed by atoms with E-state index in [-0.39, 0.29) is 68.4 Å². The average molecular weight is 954 g/mol. The largest absolute Gasteiger partial charge is 0.383 e. The van der Waals surface area contributed by atoms with E-state index in [0.717, 1.165) is 55.8 Å². The first kappa shape index (κ1) is 49.0. The number of nitrogens with zero attached hydrogens (tertiary/aromatic N) is 8. The molecular weight excluding hydrogens is 899 g/mol. The Bertz CT molecular complexity index is 2710. The number of hydrogen-bond donors (Lipinski definition) is 5. The van der Waals surface area contributed by atoms with Crippen LogP contribution in [0.25, 0.3) is 11.0 Å². The zero-order valence-electron chi connectivity index (χ0n) is 38.4. The van der Waals surface area contributed by atoms with E-state index in [1.165, 1.54) is 26.8 Å². The van der Waals surface area contributed by atoms with E-state index in [4.69, 9.17) is 14.5 Å². The highest BCUT2D eigenvalue weighted by atomic mass is 32.1. The van der Waals surface area contributed by atoms with Crippen LogP contribution in [0.15, 0.2) is 47.5 Å². The summed E-state index contributed by atoms with van der Waals surface area (Å²) in [4.78, 5) is 96.4. The number of nitrogens with one attached hydrogen (secondary N) is 5. The minimum absolute atomic E-state index is 0.0136. The number of hydrogen-bond acceptors (Lipinski definition) is 18. The molecule has 3 amide bonds. The minimum Gasteiger partial charge on any atom is -0.383 e. The second-order valence-electron chi connectivity index (χ2n) is 16.5. The first-order valence-corrected chi connectivity index (χ1v) is 23.2. The number of anilines is 6. The van der Waals surface area contributed by atoms with Crippen molar-refractivity contribution in [2.45, 2.75) is 59.4 Å². The number of fused-ring (bicyclic) bond motifs is 1. The van der Waals surface area contributed by atoms with Crippen LogP contribution in [0.5, 0.6) is 0 Å². The number of thiazole rings is 1. The second-order valence-corrected chi connectivity index (χ2v) is 17.4. The van der Waals surface area contributed by atoms with E-state index < -0.39 is 10.8 Å². The van der Waals surface area contributed by atoms with E-state index in [2.05, 4.69) is 51.3 Å². The van der Waals surface area contributed by atoms with Gasteiger partial charge in [0.15, 0.2) is 10.9 Å².